The SMILES string of the molecule is COC(=O)c1occc1CNc1ccc(Cl)cc1F. The minimum absolute atomic E-state index is 0.101. The third-order valence-corrected chi connectivity index (χ3v) is 2.75. The minimum atomic E-state index is -0.571. The minimum Gasteiger partial charge on any atom is -0.463 e. The highest BCUT2D eigenvalue weighted by atomic mass is 35.5. The van der Waals surface area contributed by atoms with Crippen molar-refractivity contribution in [1.82, 2.24) is 0 Å². The number of halogens is 2. The Morgan fingerprint density at radius 2 is 2.26 bits per heavy atom. The molecule has 2 rings (SSSR count). The fraction of sp³-hybridized carbons (Fsp3) is 0.154. The summed E-state index contributed by atoms with van der Waals surface area (Å²) in [4.78, 5) is 11.4. The van der Waals surface area contributed by atoms with Crippen molar-refractivity contribution in [3.63, 3.8) is 0 Å². The predicted octanol–water partition coefficient (Wildman–Crippen LogP) is 3.47. The Kier molecular flexibility index (Phi) is 4.06. The Labute approximate surface area is 114 Å². The summed E-state index contributed by atoms with van der Waals surface area (Å²) in [6.07, 6.45) is 1.38. The summed E-state index contributed by atoms with van der Waals surface area (Å²) < 4.78 is 23.1. The Morgan fingerprint density at radius 3 is 2.95 bits per heavy atom. The molecule has 4 nitrogen and oxygen atoms in total. The third kappa shape index (κ3) is 3.06. The molecule has 1 aromatic heterocycles. The number of carbonyl (C=O) groups is 1. The first kappa shape index (κ1) is 13.4. The Morgan fingerprint density at radius 1 is 1.47 bits per heavy atom. The van der Waals surface area contributed by atoms with Gasteiger partial charge in [-0.15, -0.1) is 0 Å². The van der Waals surface area contributed by atoms with Gasteiger partial charge in [-0.3, -0.25) is 0 Å². The quantitative estimate of drug-likeness (QED) is 0.873. The van der Waals surface area contributed by atoms with Gasteiger partial charge >= 0.3 is 5.97 Å². The zero-order valence-electron chi connectivity index (χ0n) is 10.1. The summed E-state index contributed by atoms with van der Waals surface area (Å²) in [7, 11) is 1.26. The Balaban J connectivity index is 2.10. The second-order valence-corrected chi connectivity index (χ2v) is 4.18. The van der Waals surface area contributed by atoms with Crippen LogP contribution in [0.4, 0.5) is 10.1 Å². The van der Waals surface area contributed by atoms with E-state index >= 15 is 0 Å². The number of benzene rings is 1. The van der Waals surface area contributed by atoms with Crippen LogP contribution in [0.25, 0.3) is 0 Å². The number of carbonyl (C=O) groups excluding carboxylic acids is 1. The normalized spacial score (nSPS) is 10.3. The van der Waals surface area contributed by atoms with Crippen molar-refractivity contribution in [2.24, 2.45) is 0 Å². The van der Waals surface area contributed by atoms with Crippen LogP contribution in [0.3, 0.4) is 0 Å². The lowest BCUT2D eigenvalue weighted by Crippen LogP contribution is -2.07. The van der Waals surface area contributed by atoms with Crippen molar-refractivity contribution in [3.05, 3.63) is 52.7 Å². The van der Waals surface area contributed by atoms with E-state index in [4.69, 9.17) is 16.0 Å². The number of anilines is 1. The highest BCUT2D eigenvalue weighted by Crippen LogP contribution is 2.20. The Hall–Kier alpha value is -2.01. The van der Waals surface area contributed by atoms with Gasteiger partial charge in [0, 0.05) is 17.1 Å². The maximum Gasteiger partial charge on any atom is 0.374 e. The molecule has 0 amide bonds. The summed E-state index contributed by atoms with van der Waals surface area (Å²) >= 11 is 5.66. The number of furan rings is 1. The number of methoxy groups -OCH3 is 1. The second kappa shape index (κ2) is 5.75. The van der Waals surface area contributed by atoms with Crippen LogP contribution in [0.15, 0.2) is 34.9 Å². The molecule has 100 valence electrons. The molecule has 0 atom stereocenters. The van der Waals surface area contributed by atoms with Crippen molar-refractivity contribution in [2.75, 3.05) is 12.4 Å². The fourth-order valence-electron chi connectivity index (χ4n) is 1.57. The van der Waals surface area contributed by atoms with Crippen molar-refractivity contribution >= 4 is 23.3 Å². The zero-order chi connectivity index (χ0) is 13.8. The van der Waals surface area contributed by atoms with Gasteiger partial charge < -0.3 is 14.5 Å². The highest BCUT2D eigenvalue weighted by Gasteiger charge is 2.15. The molecule has 1 aromatic carbocycles. The van der Waals surface area contributed by atoms with Crippen LogP contribution < -0.4 is 5.32 Å². The van der Waals surface area contributed by atoms with Crippen LogP contribution >= 0.6 is 11.6 Å². The number of rotatable bonds is 4. The van der Waals surface area contributed by atoms with Crippen molar-refractivity contribution in [2.45, 2.75) is 6.54 Å². The second-order valence-electron chi connectivity index (χ2n) is 3.74. The van der Waals surface area contributed by atoms with Gasteiger partial charge in [0.1, 0.15) is 5.82 Å². The first-order valence-electron chi connectivity index (χ1n) is 5.45. The van der Waals surface area contributed by atoms with E-state index in [1.165, 1.54) is 25.5 Å². The summed E-state index contributed by atoms with van der Waals surface area (Å²) in [5.74, 6) is -0.932. The molecule has 0 aliphatic carbocycles. The Bertz CT molecular complexity index is 597. The van der Waals surface area contributed by atoms with E-state index in [0.717, 1.165) is 0 Å². The molecular formula is C13H11ClFNO3. The largest absolute Gasteiger partial charge is 0.463 e. The van der Waals surface area contributed by atoms with E-state index in [1.54, 1.807) is 12.1 Å². The van der Waals surface area contributed by atoms with Crippen LogP contribution in [-0.4, -0.2) is 13.1 Å². The van der Waals surface area contributed by atoms with E-state index in [9.17, 15) is 9.18 Å². The fourth-order valence-corrected chi connectivity index (χ4v) is 1.73. The monoisotopic (exact) mass is 283 g/mol. The van der Waals surface area contributed by atoms with Gasteiger partial charge in [-0.2, -0.15) is 0 Å². The molecule has 0 fully saturated rings. The molecule has 0 unspecified atom stereocenters. The van der Waals surface area contributed by atoms with Crippen molar-refractivity contribution in [3.8, 4) is 0 Å². The van der Waals surface area contributed by atoms with E-state index < -0.39 is 11.8 Å². The summed E-state index contributed by atoms with van der Waals surface area (Å²) in [6, 6.07) is 5.92. The number of esters is 1. The molecule has 0 bridgehead atoms. The standard InChI is InChI=1S/C13H11ClFNO3/c1-18-13(17)12-8(4-5-19-12)7-16-11-3-2-9(14)6-10(11)15/h2-6,16H,7H2,1H3. The van der Waals surface area contributed by atoms with Crippen LogP contribution in [-0.2, 0) is 11.3 Å². The molecule has 2 aromatic rings. The number of ether oxygens (including phenoxy) is 1. The van der Waals surface area contributed by atoms with Crippen LogP contribution in [0.1, 0.15) is 16.1 Å². The highest BCUT2D eigenvalue weighted by molar-refractivity contribution is 6.30. The zero-order valence-corrected chi connectivity index (χ0v) is 10.8. The molecule has 0 spiro atoms. The first-order chi connectivity index (χ1) is 9.11. The van der Waals surface area contributed by atoms with Crippen LogP contribution in [0.2, 0.25) is 5.02 Å². The maximum atomic E-state index is 13.5. The smallest absolute Gasteiger partial charge is 0.374 e. The summed E-state index contributed by atoms with van der Waals surface area (Å²) in [6.45, 7) is 0.236. The number of hydrogen-bond acceptors (Lipinski definition) is 4. The van der Waals surface area contributed by atoms with Crippen molar-refractivity contribution in [1.29, 1.82) is 0 Å². The van der Waals surface area contributed by atoms with E-state index in [2.05, 4.69) is 10.1 Å². The lowest BCUT2D eigenvalue weighted by molar-refractivity contribution is 0.0563. The topological polar surface area (TPSA) is 51.5 Å². The lowest BCUT2D eigenvalue weighted by atomic mass is 10.2. The molecule has 0 saturated carbocycles. The molecule has 0 aliphatic rings. The van der Waals surface area contributed by atoms with Gasteiger partial charge in [0.25, 0.3) is 0 Å². The molecule has 0 saturated heterocycles. The van der Waals surface area contributed by atoms with Gasteiger partial charge in [-0.05, 0) is 24.3 Å². The third-order valence-electron chi connectivity index (χ3n) is 2.52. The van der Waals surface area contributed by atoms with Crippen molar-refractivity contribution < 1.29 is 18.3 Å². The van der Waals surface area contributed by atoms with Crippen LogP contribution in [0.5, 0.6) is 0 Å². The average molecular weight is 284 g/mol. The maximum absolute atomic E-state index is 13.5. The van der Waals surface area contributed by atoms with Gasteiger partial charge in [0.15, 0.2) is 0 Å². The molecule has 1 N–H and O–H groups in total. The average Bonchev–Trinajstić information content (AvgIpc) is 2.85. The number of hydrogen-bond donors (Lipinski definition) is 1. The molecular weight excluding hydrogens is 273 g/mol. The molecule has 1 heterocycles. The first-order valence-corrected chi connectivity index (χ1v) is 5.83. The van der Waals surface area contributed by atoms with E-state index in [1.807, 2.05) is 0 Å². The van der Waals surface area contributed by atoms with Gasteiger partial charge in [-0.25, -0.2) is 9.18 Å². The van der Waals surface area contributed by atoms with E-state index in [-0.39, 0.29) is 12.3 Å². The molecule has 6 heteroatoms. The number of nitrogens with one attached hydrogen (secondary N) is 1. The molecule has 0 radical (unpaired) electrons. The van der Waals surface area contributed by atoms with Crippen LogP contribution in [0, 0.1) is 5.82 Å². The van der Waals surface area contributed by atoms with E-state index in [0.29, 0.717) is 16.3 Å². The van der Waals surface area contributed by atoms with Gasteiger partial charge in [0.2, 0.25) is 5.76 Å². The predicted molar refractivity (Wildman–Crippen MR) is 68.8 cm³/mol. The summed E-state index contributed by atoms with van der Waals surface area (Å²) in [5, 5.41) is 3.18. The molecule has 19 heavy (non-hydrogen) atoms. The molecule has 0 aliphatic heterocycles. The van der Waals surface area contributed by atoms with Gasteiger partial charge in [0.05, 0.1) is 19.1 Å². The summed E-state index contributed by atoms with van der Waals surface area (Å²) in [5.41, 5.74) is 0.877. The lowest BCUT2D eigenvalue weighted by Gasteiger charge is -2.07. The van der Waals surface area contributed by atoms with Gasteiger partial charge in [-0.1, -0.05) is 11.6 Å².